The number of carbonyl (C=O) groups is 4. The van der Waals surface area contributed by atoms with Crippen molar-refractivity contribution in [2.75, 3.05) is 27.3 Å². The zero-order chi connectivity index (χ0) is 53.0. The van der Waals surface area contributed by atoms with Crippen LogP contribution in [0.3, 0.4) is 0 Å². The van der Waals surface area contributed by atoms with Gasteiger partial charge in [-0.15, -0.1) is 10.2 Å². The lowest BCUT2D eigenvalue weighted by Gasteiger charge is -2.29. The average molecular weight is 1030 g/mol. The van der Waals surface area contributed by atoms with E-state index >= 15 is 0 Å². The summed E-state index contributed by atoms with van der Waals surface area (Å²) >= 11 is 0. The second-order valence-electron chi connectivity index (χ2n) is 19.9. The third kappa shape index (κ3) is 10.6. The molecule has 2 saturated heterocycles. The van der Waals surface area contributed by atoms with Crippen molar-refractivity contribution < 1.29 is 28.7 Å². The van der Waals surface area contributed by atoms with Crippen LogP contribution in [0.2, 0.25) is 0 Å². The number of carbonyl (C=O) groups excluding carboxylic acids is 4. The van der Waals surface area contributed by atoms with Gasteiger partial charge in [0.15, 0.2) is 0 Å². The summed E-state index contributed by atoms with van der Waals surface area (Å²) in [5, 5.41) is 23.3. The Hall–Kier alpha value is -8.94. The smallest absolute Gasteiger partial charge is 0.407 e. The van der Waals surface area contributed by atoms with Gasteiger partial charge in [0.25, 0.3) is 0 Å². The van der Waals surface area contributed by atoms with E-state index in [4.69, 9.17) is 19.4 Å². The van der Waals surface area contributed by atoms with E-state index in [0.29, 0.717) is 37.6 Å². The van der Waals surface area contributed by atoms with Crippen molar-refractivity contribution in [3.63, 3.8) is 0 Å². The Morgan fingerprint density at radius 2 is 0.895 bits per heavy atom. The lowest BCUT2D eigenvalue weighted by Crippen LogP contribution is -2.51. The minimum absolute atomic E-state index is 0.206. The van der Waals surface area contributed by atoms with Crippen LogP contribution in [0.5, 0.6) is 0 Å². The normalized spacial score (nSPS) is 18.2. The van der Waals surface area contributed by atoms with Crippen LogP contribution in [0.25, 0.3) is 56.2 Å². The second kappa shape index (κ2) is 21.9. The maximum atomic E-state index is 14.4. The lowest BCUT2D eigenvalue weighted by atomic mass is 10.0. The maximum absolute atomic E-state index is 14.4. The highest BCUT2D eigenvalue weighted by atomic mass is 16.5. The summed E-state index contributed by atoms with van der Waals surface area (Å²) in [7, 11) is 2.56. The Kier molecular flexibility index (Phi) is 14.6. The van der Waals surface area contributed by atoms with E-state index in [1.165, 1.54) is 14.2 Å². The number of likely N-dealkylation sites (tertiary alicyclic amines) is 2. The van der Waals surface area contributed by atoms with Crippen molar-refractivity contribution in [1.29, 1.82) is 0 Å². The average Bonchev–Trinajstić information content (AvgIpc) is 4.32. The number of amides is 4. The molecule has 8 aromatic rings. The topological polar surface area (TPSA) is 236 Å². The third-order valence-electron chi connectivity index (χ3n) is 14.4. The first-order valence-corrected chi connectivity index (χ1v) is 25.4. The number of hydrogen-bond acceptors (Lipinski definition) is 12. The molecule has 0 radical (unpaired) electrons. The number of methoxy groups -OCH3 is 2. The van der Waals surface area contributed by atoms with Gasteiger partial charge in [0, 0.05) is 24.2 Å². The molecule has 0 spiro atoms. The van der Waals surface area contributed by atoms with Gasteiger partial charge >= 0.3 is 12.2 Å². The SMILES string of the molecule is COC(=O)N[C@H](C(=O)N1C[C@H](n2cc(-c3ccccc3)nn2)CC1c1ncc(-c2ccc(-c3ccc(-c4cnc([C@@H]5C[C@@H](n6cc(-c7ccccc7)nn6)CN5C(=O)[C@@H](NC(=O)OC)C(C)C)[nH]4)cc3)cc2)[nH]1)C(C)C. The van der Waals surface area contributed by atoms with Crippen molar-refractivity contribution in [2.24, 2.45) is 11.8 Å². The van der Waals surface area contributed by atoms with Gasteiger partial charge < -0.3 is 39.9 Å². The molecule has 0 aliphatic carbocycles. The fourth-order valence-electron chi connectivity index (χ4n) is 10.2. The summed E-state index contributed by atoms with van der Waals surface area (Å²) in [6.07, 6.45) is 7.04. The number of alkyl carbamates (subject to hydrolysis) is 2. The molecule has 2 fully saturated rings. The van der Waals surface area contributed by atoms with Gasteiger partial charge in [0.05, 0.1) is 74.6 Å². The molecular weight excluding hydrogens is 965 g/mol. The van der Waals surface area contributed by atoms with Crippen LogP contribution in [-0.4, -0.2) is 123 Å². The molecule has 390 valence electrons. The first-order valence-electron chi connectivity index (χ1n) is 25.4. The van der Waals surface area contributed by atoms with Gasteiger partial charge in [0.1, 0.15) is 35.1 Å². The number of nitrogens with zero attached hydrogens (tertiary/aromatic N) is 10. The predicted octanol–water partition coefficient (Wildman–Crippen LogP) is 8.44. The van der Waals surface area contributed by atoms with Gasteiger partial charge in [-0.1, -0.05) is 147 Å². The zero-order valence-corrected chi connectivity index (χ0v) is 43.1. The number of H-pyrrole nitrogens is 2. The van der Waals surface area contributed by atoms with Gasteiger partial charge in [-0.25, -0.2) is 28.9 Å². The fourth-order valence-corrected chi connectivity index (χ4v) is 10.2. The van der Waals surface area contributed by atoms with Gasteiger partial charge in [-0.05, 0) is 46.9 Å². The van der Waals surface area contributed by atoms with Crippen LogP contribution in [0.4, 0.5) is 9.59 Å². The second-order valence-corrected chi connectivity index (χ2v) is 19.9. The van der Waals surface area contributed by atoms with Crippen LogP contribution in [-0.2, 0) is 19.1 Å². The highest BCUT2D eigenvalue weighted by molar-refractivity contribution is 5.87. The summed E-state index contributed by atoms with van der Waals surface area (Å²) in [5.74, 6) is 0.317. The number of nitrogens with one attached hydrogen (secondary N) is 4. The number of ether oxygens (including phenoxy) is 2. The number of benzene rings is 4. The van der Waals surface area contributed by atoms with E-state index in [9.17, 15) is 19.2 Å². The Bertz CT molecular complexity index is 3080. The van der Waals surface area contributed by atoms with Gasteiger partial charge in [-0.3, -0.25) is 9.59 Å². The molecule has 6 heterocycles. The summed E-state index contributed by atoms with van der Waals surface area (Å²) in [6, 6.07) is 33.0. The quantitative estimate of drug-likeness (QED) is 0.0757. The van der Waals surface area contributed by atoms with Crippen molar-refractivity contribution in [2.45, 2.75) is 76.8 Å². The largest absolute Gasteiger partial charge is 0.453 e. The molecule has 4 amide bonds. The van der Waals surface area contributed by atoms with Crippen LogP contribution < -0.4 is 10.6 Å². The van der Waals surface area contributed by atoms with Gasteiger partial charge in [0.2, 0.25) is 11.8 Å². The zero-order valence-electron chi connectivity index (χ0n) is 43.1. The van der Waals surface area contributed by atoms with E-state index in [2.05, 4.69) is 65.5 Å². The molecule has 6 atom stereocenters. The maximum Gasteiger partial charge on any atom is 0.407 e. The molecule has 4 aromatic carbocycles. The predicted molar refractivity (Wildman–Crippen MR) is 283 cm³/mol. The number of rotatable bonds is 15. The molecule has 1 unspecified atom stereocenters. The van der Waals surface area contributed by atoms with Crippen LogP contribution in [0, 0.1) is 11.8 Å². The molecule has 4 N–H and O–H groups in total. The Morgan fingerprint density at radius 1 is 0.526 bits per heavy atom. The molecular formula is C56H60N14O6. The van der Waals surface area contributed by atoms with Crippen molar-refractivity contribution in [3.05, 3.63) is 146 Å². The minimum atomic E-state index is -0.825. The van der Waals surface area contributed by atoms with Crippen molar-refractivity contribution >= 4 is 24.0 Å². The van der Waals surface area contributed by atoms with E-state index < -0.39 is 36.4 Å². The monoisotopic (exact) mass is 1020 g/mol. The first-order chi connectivity index (χ1) is 36.8. The fraction of sp³-hybridized carbons (Fsp3) is 0.321. The number of hydrogen-bond donors (Lipinski definition) is 4. The standard InChI is InChI=1S/C56H60N14O6/c1-33(2)49(61-55(73)75-5)53(71)67-29-41(69-31-45(63-65-69)37-13-9-7-10-14-37)25-47(67)51-57-27-43(59-51)39-21-17-35(18-22-39)36-19-23-40(24-20-36)44-28-58-52(60-44)48-26-42(70-32-46(64-66-70)38-15-11-8-12-16-38)30-68(48)54(72)50(34(3)4)62-56(74)76-6/h7-24,27-28,31-34,41-42,47-50H,25-26,29-30H2,1-6H3,(H,57,59)(H,58,60)(H,61,73)(H,62,74)/t41-,42-,47+,48?,49+,50+/m1/s1. The Morgan fingerprint density at radius 3 is 1.25 bits per heavy atom. The van der Waals surface area contributed by atoms with Crippen LogP contribution >= 0.6 is 0 Å². The van der Waals surface area contributed by atoms with E-state index in [-0.39, 0.29) is 35.7 Å². The van der Waals surface area contributed by atoms with Crippen LogP contribution in [0.15, 0.2) is 134 Å². The number of aromatic nitrogens is 10. The molecule has 0 saturated carbocycles. The Labute approximate surface area is 439 Å². The summed E-state index contributed by atoms with van der Waals surface area (Å²) in [6.45, 7) is 8.20. The molecule has 10 rings (SSSR count). The summed E-state index contributed by atoms with van der Waals surface area (Å²) in [4.78, 5) is 73.7. The van der Waals surface area contributed by atoms with E-state index in [0.717, 1.165) is 56.2 Å². The molecule has 2 aliphatic rings. The van der Waals surface area contributed by atoms with E-state index in [1.807, 2.05) is 134 Å². The summed E-state index contributed by atoms with van der Waals surface area (Å²) in [5.41, 5.74) is 8.75. The molecule has 76 heavy (non-hydrogen) atoms. The van der Waals surface area contributed by atoms with Crippen molar-refractivity contribution in [1.82, 2.24) is 70.4 Å². The molecule has 20 nitrogen and oxygen atoms in total. The highest BCUT2D eigenvalue weighted by Gasteiger charge is 2.44. The molecule has 20 heteroatoms. The molecule has 0 bridgehead atoms. The Balaban J connectivity index is 0.852. The van der Waals surface area contributed by atoms with Crippen LogP contribution in [0.1, 0.15) is 76.4 Å². The summed E-state index contributed by atoms with van der Waals surface area (Å²) < 4.78 is 13.4. The molecule has 2 aliphatic heterocycles. The first kappa shape index (κ1) is 50.6. The number of imidazole rings is 2. The highest BCUT2D eigenvalue weighted by Crippen LogP contribution is 2.41. The van der Waals surface area contributed by atoms with E-state index in [1.54, 1.807) is 22.2 Å². The minimum Gasteiger partial charge on any atom is -0.453 e. The third-order valence-corrected chi connectivity index (χ3v) is 14.4. The van der Waals surface area contributed by atoms with Crippen molar-refractivity contribution in [3.8, 4) is 56.2 Å². The lowest BCUT2D eigenvalue weighted by molar-refractivity contribution is -0.136. The molecule has 4 aromatic heterocycles. The van der Waals surface area contributed by atoms with Gasteiger partial charge in [-0.2, -0.15) is 0 Å². The number of aromatic amines is 2.